The SMILES string of the molecule is CCCC(C)P(c1ccccc1P(C(C)CCC)C(C)CCC)C(C)CCC. The lowest BCUT2D eigenvalue weighted by molar-refractivity contribution is 0.740. The summed E-state index contributed by atoms with van der Waals surface area (Å²) in [5, 5.41) is 3.55. The highest BCUT2D eigenvalue weighted by Crippen LogP contribution is 2.53. The molecule has 4 unspecified atom stereocenters. The van der Waals surface area contributed by atoms with Crippen molar-refractivity contribution in [2.45, 2.75) is 129 Å². The van der Waals surface area contributed by atoms with Crippen LogP contribution in [0.3, 0.4) is 0 Å². The summed E-state index contributed by atoms with van der Waals surface area (Å²) in [6.45, 7) is 19.6. The predicted molar refractivity (Wildman–Crippen MR) is 137 cm³/mol. The standard InChI is InChI=1S/C26H48P2/c1-9-15-21(5)27(22(6)16-10-2)25-19-13-14-20-26(25)28(23(7)17-11-3)24(8)18-12-4/h13-14,19-24H,9-12,15-18H2,1-8H3. The molecule has 0 saturated heterocycles. The molecule has 1 aromatic carbocycles. The van der Waals surface area contributed by atoms with Gasteiger partial charge in [-0.3, -0.25) is 0 Å². The maximum absolute atomic E-state index is 2.55. The van der Waals surface area contributed by atoms with Crippen LogP contribution in [0.5, 0.6) is 0 Å². The van der Waals surface area contributed by atoms with Crippen molar-refractivity contribution in [1.82, 2.24) is 0 Å². The Hall–Kier alpha value is 0.0800. The monoisotopic (exact) mass is 422 g/mol. The second kappa shape index (κ2) is 14.1. The van der Waals surface area contributed by atoms with E-state index in [0.29, 0.717) is 0 Å². The van der Waals surface area contributed by atoms with Crippen molar-refractivity contribution < 1.29 is 0 Å². The van der Waals surface area contributed by atoms with Gasteiger partial charge in [-0.05, 0) is 58.9 Å². The molecule has 0 nitrogen and oxygen atoms in total. The first-order valence-electron chi connectivity index (χ1n) is 12.1. The molecule has 1 aromatic rings. The summed E-state index contributed by atoms with van der Waals surface area (Å²) in [6.07, 6.45) is 10.8. The first kappa shape index (κ1) is 26.1. The van der Waals surface area contributed by atoms with Gasteiger partial charge in [0.2, 0.25) is 0 Å². The van der Waals surface area contributed by atoms with E-state index in [1.165, 1.54) is 51.4 Å². The highest BCUT2D eigenvalue weighted by atomic mass is 31.1. The topological polar surface area (TPSA) is 0 Å². The number of rotatable bonds is 14. The van der Waals surface area contributed by atoms with Crippen molar-refractivity contribution >= 4 is 26.5 Å². The van der Waals surface area contributed by atoms with Crippen LogP contribution in [0, 0.1) is 0 Å². The molecule has 0 bridgehead atoms. The maximum Gasteiger partial charge on any atom is -0.0158 e. The Bertz CT molecular complexity index is 456. The molecule has 0 heterocycles. The minimum absolute atomic E-state index is 0.0951. The average molecular weight is 423 g/mol. The lowest BCUT2D eigenvalue weighted by Crippen LogP contribution is -2.33. The quantitative estimate of drug-likeness (QED) is 0.263. The Labute approximate surface area is 180 Å². The third-order valence-electron chi connectivity index (χ3n) is 6.16. The molecule has 0 aliphatic rings. The molecule has 2 heteroatoms. The molecular weight excluding hydrogens is 374 g/mol. The average Bonchev–Trinajstić information content (AvgIpc) is 2.64. The molecule has 0 N–H and O–H groups in total. The van der Waals surface area contributed by atoms with Gasteiger partial charge >= 0.3 is 0 Å². The number of benzene rings is 1. The molecule has 4 atom stereocenters. The van der Waals surface area contributed by atoms with E-state index in [2.05, 4.69) is 79.7 Å². The van der Waals surface area contributed by atoms with E-state index in [1.807, 2.05) is 0 Å². The van der Waals surface area contributed by atoms with Crippen LogP contribution < -0.4 is 10.6 Å². The van der Waals surface area contributed by atoms with Crippen molar-refractivity contribution in [2.75, 3.05) is 0 Å². The highest BCUT2D eigenvalue weighted by Gasteiger charge is 2.31. The molecule has 0 radical (unpaired) electrons. The van der Waals surface area contributed by atoms with Gasteiger partial charge in [-0.2, -0.15) is 0 Å². The summed E-state index contributed by atoms with van der Waals surface area (Å²) in [7, 11) is -0.190. The van der Waals surface area contributed by atoms with Gasteiger partial charge in [-0.25, -0.2) is 0 Å². The first-order chi connectivity index (χ1) is 13.4. The second-order valence-corrected chi connectivity index (χ2v) is 15.0. The molecule has 0 aromatic heterocycles. The largest absolute Gasteiger partial charge is 0.0688 e. The van der Waals surface area contributed by atoms with E-state index in [1.54, 1.807) is 10.6 Å². The van der Waals surface area contributed by atoms with Crippen molar-refractivity contribution in [3.63, 3.8) is 0 Å². The smallest absolute Gasteiger partial charge is 0.0158 e. The van der Waals surface area contributed by atoms with E-state index < -0.39 is 0 Å². The van der Waals surface area contributed by atoms with Crippen LogP contribution >= 0.6 is 15.8 Å². The van der Waals surface area contributed by atoms with Crippen molar-refractivity contribution in [3.05, 3.63) is 24.3 Å². The van der Waals surface area contributed by atoms with E-state index in [9.17, 15) is 0 Å². The first-order valence-corrected chi connectivity index (χ1v) is 15.0. The molecule has 28 heavy (non-hydrogen) atoms. The lowest BCUT2D eigenvalue weighted by atomic mass is 10.2. The zero-order valence-electron chi connectivity index (χ0n) is 20.2. The van der Waals surface area contributed by atoms with Crippen LogP contribution in [-0.2, 0) is 0 Å². The van der Waals surface area contributed by atoms with Gasteiger partial charge in [0.25, 0.3) is 0 Å². The Morgan fingerprint density at radius 3 is 1.00 bits per heavy atom. The number of hydrogen-bond acceptors (Lipinski definition) is 0. The third kappa shape index (κ3) is 7.40. The fraction of sp³-hybridized carbons (Fsp3) is 0.769. The Morgan fingerprint density at radius 1 is 0.536 bits per heavy atom. The molecule has 0 amide bonds. The molecule has 0 aliphatic carbocycles. The summed E-state index contributed by atoms with van der Waals surface area (Å²) >= 11 is 0. The normalized spacial score (nSPS) is 18.3. The van der Waals surface area contributed by atoms with Gasteiger partial charge in [0.05, 0.1) is 0 Å². The van der Waals surface area contributed by atoms with E-state index in [0.717, 1.165) is 22.6 Å². The van der Waals surface area contributed by atoms with Gasteiger partial charge in [0, 0.05) is 0 Å². The summed E-state index contributed by atoms with van der Waals surface area (Å²) < 4.78 is 0. The van der Waals surface area contributed by atoms with Crippen LogP contribution in [-0.4, -0.2) is 22.6 Å². The molecule has 0 fully saturated rings. The number of hydrogen-bond donors (Lipinski definition) is 0. The maximum atomic E-state index is 2.55. The van der Waals surface area contributed by atoms with E-state index in [4.69, 9.17) is 0 Å². The van der Waals surface area contributed by atoms with Gasteiger partial charge < -0.3 is 0 Å². The second-order valence-electron chi connectivity index (χ2n) is 8.85. The molecule has 0 aliphatic heterocycles. The Kier molecular flexibility index (Phi) is 13.2. The zero-order valence-corrected chi connectivity index (χ0v) is 22.0. The molecule has 1 rings (SSSR count). The zero-order chi connectivity index (χ0) is 21.1. The van der Waals surface area contributed by atoms with Crippen molar-refractivity contribution in [3.8, 4) is 0 Å². The van der Waals surface area contributed by atoms with Gasteiger partial charge in [-0.1, -0.05) is 121 Å². The third-order valence-corrected chi connectivity index (χ3v) is 13.1. The van der Waals surface area contributed by atoms with Crippen LogP contribution in [0.1, 0.15) is 107 Å². The fourth-order valence-electron chi connectivity index (χ4n) is 4.95. The summed E-state index contributed by atoms with van der Waals surface area (Å²) in [5.74, 6) is 0. The summed E-state index contributed by atoms with van der Waals surface area (Å²) in [4.78, 5) is 0. The summed E-state index contributed by atoms with van der Waals surface area (Å²) in [6, 6.07) is 9.72. The molecule has 0 spiro atoms. The van der Waals surface area contributed by atoms with Crippen molar-refractivity contribution in [1.29, 1.82) is 0 Å². The molecular formula is C26H48P2. The van der Waals surface area contributed by atoms with Gasteiger partial charge in [0.15, 0.2) is 0 Å². The minimum Gasteiger partial charge on any atom is -0.0688 e. The Balaban J connectivity index is 3.44. The summed E-state index contributed by atoms with van der Waals surface area (Å²) in [5.41, 5.74) is 3.34. The fourth-order valence-corrected chi connectivity index (χ4v) is 12.6. The van der Waals surface area contributed by atoms with Crippen LogP contribution in [0.15, 0.2) is 24.3 Å². The minimum atomic E-state index is -0.0951. The highest BCUT2D eigenvalue weighted by molar-refractivity contribution is 7.73. The van der Waals surface area contributed by atoms with E-state index in [-0.39, 0.29) is 15.8 Å². The van der Waals surface area contributed by atoms with Crippen LogP contribution in [0.2, 0.25) is 0 Å². The predicted octanol–water partition coefficient (Wildman–Crippen LogP) is 8.66. The Morgan fingerprint density at radius 2 is 0.786 bits per heavy atom. The van der Waals surface area contributed by atoms with E-state index >= 15 is 0 Å². The van der Waals surface area contributed by atoms with Gasteiger partial charge in [-0.15, -0.1) is 0 Å². The van der Waals surface area contributed by atoms with Gasteiger partial charge in [0.1, 0.15) is 0 Å². The van der Waals surface area contributed by atoms with Crippen LogP contribution in [0.4, 0.5) is 0 Å². The lowest BCUT2D eigenvalue weighted by Gasteiger charge is -2.37. The molecule has 162 valence electrons. The van der Waals surface area contributed by atoms with Crippen LogP contribution in [0.25, 0.3) is 0 Å². The molecule has 0 saturated carbocycles. The van der Waals surface area contributed by atoms with Crippen molar-refractivity contribution in [2.24, 2.45) is 0 Å².